The molecule has 3 heterocycles. The molecule has 0 unspecified atom stereocenters. The molecule has 1 amide bonds. The molecule has 1 atom stereocenters. The number of hydrogen-bond donors (Lipinski definition) is 0. The first-order valence-electron chi connectivity index (χ1n) is 7.67. The summed E-state index contributed by atoms with van der Waals surface area (Å²) in [6.45, 7) is 7.10. The molecule has 116 valence electrons. The van der Waals surface area contributed by atoms with Crippen molar-refractivity contribution in [2.24, 2.45) is 0 Å². The molecule has 1 aromatic rings. The molecule has 2 fully saturated rings. The molecule has 1 aromatic heterocycles. The van der Waals surface area contributed by atoms with Gasteiger partial charge in [-0.1, -0.05) is 0 Å². The lowest BCUT2D eigenvalue weighted by atomic mass is 9.83. The minimum Gasteiger partial charge on any atom is -0.465 e. The maximum Gasteiger partial charge on any atom is 0.248 e. The maximum atomic E-state index is 11.7. The van der Waals surface area contributed by atoms with Gasteiger partial charge in [-0.2, -0.15) is 0 Å². The summed E-state index contributed by atoms with van der Waals surface area (Å²) in [4.78, 5) is 16.0. The van der Waals surface area contributed by atoms with E-state index < -0.39 is 0 Å². The van der Waals surface area contributed by atoms with Crippen LogP contribution < -0.4 is 0 Å². The molecule has 0 aromatic carbocycles. The van der Waals surface area contributed by atoms with E-state index in [1.807, 2.05) is 31.0 Å². The normalized spacial score (nSPS) is 26.5. The average Bonchev–Trinajstić information content (AvgIpc) is 2.89. The number of likely N-dealkylation sites (N-methyl/N-ethyl adjacent to an activating group) is 1. The monoisotopic (exact) mass is 292 g/mol. The Morgan fingerprint density at radius 2 is 2.05 bits per heavy atom. The number of piperidine rings is 1. The zero-order valence-corrected chi connectivity index (χ0v) is 13.1. The Labute approximate surface area is 125 Å². The van der Waals surface area contributed by atoms with Crippen LogP contribution in [0.1, 0.15) is 31.3 Å². The maximum absolute atomic E-state index is 11.7. The number of hydrogen-bond acceptors (Lipinski definition) is 4. The van der Waals surface area contributed by atoms with E-state index in [0.29, 0.717) is 0 Å². The van der Waals surface area contributed by atoms with Crippen molar-refractivity contribution in [3.05, 3.63) is 23.7 Å². The lowest BCUT2D eigenvalue weighted by molar-refractivity contribution is -0.183. The van der Waals surface area contributed by atoms with E-state index in [2.05, 4.69) is 11.8 Å². The Bertz CT molecular complexity index is 517. The average molecular weight is 292 g/mol. The van der Waals surface area contributed by atoms with E-state index >= 15 is 0 Å². The Kier molecular flexibility index (Phi) is 3.80. The van der Waals surface area contributed by atoms with Gasteiger partial charge in [0.25, 0.3) is 0 Å². The fourth-order valence-electron chi connectivity index (χ4n) is 3.44. The number of aryl methyl sites for hydroxylation is 1. The summed E-state index contributed by atoms with van der Waals surface area (Å²) in [7, 11) is 1.88. The summed E-state index contributed by atoms with van der Waals surface area (Å²) in [5.41, 5.74) is -0.168. The molecule has 0 aliphatic carbocycles. The van der Waals surface area contributed by atoms with Gasteiger partial charge < -0.3 is 14.1 Å². The number of nitrogens with zero attached hydrogens (tertiary/aromatic N) is 2. The first-order chi connectivity index (χ1) is 10.00. The number of rotatable bonds is 2. The minimum atomic E-state index is -0.168. The molecule has 5 heteroatoms. The summed E-state index contributed by atoms with van der Waals surface area (Å²) in [6.07, 6.45) is 1.93. The van der Waals surface area contributed by atoms with Crippen molar-refractivity contribution in [2.75, 3.05) is 26.7 Å². The fraction of sp³-hybridized carbons (Fsp3) is 0.688. The van der Waals surface area contributed by atoms with E-state index in [1.54, 1.807) is 0 Å². The molecule has 0 bridgehead atoms. The third-order valence-electron chi connectivity index (χ3n) is 5.10. The van der Waals surface area contributed by atoms with Crippen LogP contribution in [0.2, 0.25) is 0 Å². The van der Waals surface area contributed by atoms with Gasteiger partial charge in [-0.3, -0.25) is 9.69 Å². The van der Waals surface area contributed by atoms with E-state index in [9.17, 15) is 4.79 Å². The van der Waals surface area contributed by atoms with Gasteiger partial charge in [0.15, 0.2) is 0 Å². The highest BCUT2D eigenvalue weighted by atomic mass is 16.5. The highest BCUT2D eigenvalue weighted by molar-refractivity contribution is 5.78. The van der Waals surface area contributed by atoms with Crippen molar-refractivity contribution < 1.29 is 13.9 Å². The predicted molar refractivity (Wildman–Crippen MR) is 78.9 cm³/mol. The molecule has 2 aliphatic rings. The van der Waals surface area contributed by atoms with E-state index in [-0.39, 0.29) is 24.2 Å². The highest BCUT2D eigenvalue weighted by Crippen LogP contribution is 2.35. The van der Waals surface area contributed by atoms with Crippen molar-refractivity contribution >= 4 is 5.91 Å². The van der Waals surface area contributed by atoms with E-state index in [1.165, 1.54) is 0 Å². The Balaban J connectivity index is 1.60. The molecular formula is C16H24N2O3. The zero-order valence-electron chi connectivity index (χ0n) is 13.1. The predicted octanol–water partition coefficient (Wildman–Crippen LogP) is 1.80. The second-order valence-corrected chi connectivity index (χ2v) is 6.32. The topological polar surface area (TPSA) is 45.9 Å². The Hall–Kier alpha value is -1.33. The van der Waals surface area contributed by atoms with Crippen LogP contribution in [-0.2, 0) is 16.1 Å². The molecular weight excluding hydrogens is 268 g/mol. The largest absolute Gasteiger partial charge is 0.465 e. The first kappa shape index (κ1) is 14.6. The summed E-state index contributed by atoms with van der Waals surface area (Å²) in [6, 6.07) is 4.20. The van der Waals surface area contributed by atoms with E-state index in [0.717, 1.165) is 44.0 Å². The molecule has 1 spiro atoms. The van der Waals surface area contributed by atoms with Gasteiger partial charge in [-0.25, -0.2) is 0 Å². The van der Waals surface area contributed by atoms with Gasteiger partial charge in [0.05, 0.1) is 18.2 Å². The van der Waals surface area contributed by atoms with Crippen LogP contribution in [-0.4, -0.2) is 54.1 Å². The third kappa shape index (κ3) is 2.72. The van der Waals surface area contributed by atoms with Crippen LogP contribution in [0.25, 0.3) is 0 Å². The molecule has 21 heavy (non-hydrogen) atoms. The molecule has 0 radical (unpaired) electrons. The molecule has 2 saturated heterocycles. The number of furan rings is 1. The summed E-state index contributed by atoms with van der Waals surface area (Å²) in [5.74, 6) is 2.07. The second kappa shape index (κ2) is 5.46. The number of carbonyl (C=O) groups excluding carboxylic acids is 1. The minimum absolute atomic E-state index is 0.0848. The number of likely N-dealkylation sites (tertiary alicyclic amines) is 1. The number of morpholine rings is 1. The Morgan fingerprint density at radius 1 is 1.33 bits per heavy atom. The smallest absolute Gasteiger partial charge is 0.248 e. The second-order valence-electron chi connectivity index (χ2n) is 6.32. The van der Waals surface area contributed by atoms with Crippen molar-refractivity contribution in [3.8, 4) is 0 Å². The van der Waals surface area contributed by atoms with Crippen LogP contribution in [0.3, 0.4) is 0 Å². The quantitative estimate of drug-likeness (QED) is 0.834. The van der Waals surface area contributed by atoms with Gasteiger partial charge in [0.2, 0.25) is 5.91 Å². The number of amides is 1. The molecule has 5 nitrogen and oxygen atoms in total. The molecule has 0 N–H and O–H groups in total. The number of carbonyl (C=O) groups is 1. The van der Waals surface area contributed by atoms with Crippen LogP contribution in [0, 0.1) is 6.92 Å². The van der Waals surface area contributed by atoms with Crippen LogP contribution in [0.4, 0.5) is 0 Å². The zero-order chi connectivity index (χ0) is 15.0. The number of ether oxygens (including phenoxy) is 1. The summed E-state index contributed by atoms with van der Waals surface area (Å²) >= 11 is 0. The van der Waals surface area contributed by atoms with Gasteiger partial charge in [0, 0.05) is 20.1 Å². The highest BCUT2D eigenvalue weighted by Gasteiger charge is 2.46. The standard InChI is InChI=1S/C16H24N2O3/c1-12-4-5-14(21-12)10-18-8-6-16(7-9-18)13(2)17(3)15(19)11-20-16/h4-5,13H,6-11H2,1-3H3/t13-/m0/s1. The summed E-state index contributed by atoms with van der Waals surface area (Å²) < 4.78 is 11.6. The van der Waals surface area contributed by atoms with Crippen molar-refractivity contribution in [1.82, 2.24) is 9.80 Å². The lowest BCUT2D eigenvalue weighted by Crippen LogP contribution is -2.62. The van der Waals surface area contributed by atoms with Crippen molar-refractivity contribution in [1.29, 1.82) is 0 Å². The van der Waals surface area contributed by atoms with Crippen LogP contribution in [0.5, 0.6) is 0 Å². The van der Waals surface area contributed by atoms with Crippen LogP contribution in [0.15, 0.2) is 16.5 Å². The van der Waals surface area contributed by atoms with E-state index in [4.69, 9.17) is 9.15 Å². The Morgan fingerprint density at radius 3 is 2.67 bits per heavy atom. The summed E-state index contributed by atoms with van der Waals surface area (Å²) in [5, 5.41) is 0. The third-order valence-corrected chi connectivity index (χ3v) is 5.10. The lowest BCUT2D eigenvalue weighted by Gasteiger charge is -2.50. The van der Waals surface area contributed by atoms with Gasteiger partial charge in [-0.15, -0.1) is 0 Å². The van der Waals surface area contributed by atoms with Crippen LogP contribution >= 0.6 is 0 Å². The van der Waals surface area contributed by atoms with Gasteiger partial charge in [-0.05, 0) is 38.8 Å². The van der Waals surface area contributed by atoms with Gasteiger partial charge in [0.1, 0.15) is 18.1 Å². The molecule has 2 aliphatic heterocycles. The van der Waals surface area contributed by atoms with Crippen molar-refractivity contribution in [2.45, 2.75) is 44.9 Å². The fourth-order valence-corrected chi connectivity index (χ4v) is 3.44. The van der Waals surface area contributed by atoms with Gasteiger partial charge >= 0.3 is 0 Å². The van der Waals surface area contributed by atoms with Crippen molar-refractivity contribution in [3.63, 3.8) is 0 Å². The molecule has 3 rings (SSSR count). The first-order valence-corrected chi connectivity index (χ1v) is 7.67. The SMILES string of the molecule is Cc1ccc(CN2CCC3(CC2)OCC(=O)N(C)[C@H]3C)o1. The molecule has 0 saturated carbocycles.